The molecule has 24 heavy (non-hydrogen) atoms. The van der Waals surface area contributed by atoms with Crippen molar-refractivity contribution >= 4 is 0 Å². The summed E-state index contributed by atoms with van der Waals surface area (Å²) >= 11 is 0. The van der Waals surface area contributed by atoms with Gasteiger partial charge in [-0.1, -0.05) is 78.4 Å². The van der Waals surface area contributed by atoms with Gasteiger partial charge in [-0.3, -0.25) is 0 Å². The molecular weight excluding hydrogens is 296 g/mol. The van der Waals surface area contributed by atoms with E-state index >= 15 is 0 Å². The van der Waals surface area contributed by atoms with E-state index in [1.54, 1.807) is 0 Å². The van der Waals surface area contributed by atoms with E-state index in [0.29, 0.717) is 11.8 Å². The first-order valence-electron chi connectivity index (χ1n) is 10.4. The predicted molar refractivity (Wildman–Crippen MR) is 104 cm³/mol. The lowest BCUT2D eigenvalue weighted by molar-refractivity contribution is 0.116. The summed E-state index contributed by atoms with van der Waals surface area (Å²) < 4.78 is 0. The van der Waals surface area contributed by atoms with Gasteiger partial charge in [-0.15, -0.1) is 0 Å². The molecule has 0 spiro atoms. The maximum atomic E-state index is 10.3. The zero-order valence-electron chi connectivity index (χ0n) is 16.6. The molecule has 1 saturated carbocycles. The maximum Gasteiger partial charge on any atom is 0.0726 e. The van der Waals surface area contributed by atoms with Crippen molar-refractivity contribution in [3.63, 3.8) is 0 Å². The molecule has 0 aromatic heterocycles. The molecule has 0 aliphatic heterocycles. The number of unbranched alkanes of at least 4 members (excludes halogenated alkanes) is 4. The van der Waals surface area contributed by atoms with Crippen molar-refractivity contribution < 1.29 is 10.2 Å². The van der Waals surface area contributed by atoms with Crippen LogP contribution in [0.4, 0.5) is 0 Å². The SMILES string of the molecule is CCCCCCC[C@H]1[C@@H](O)CC[C@@H]1C=CC(O)CC(C)(C)CCC. The van der Waals surface area contributed by atoms with Crippen LogP contribution in [-0.4, -0.2) is 22.4 Å². The highest BCUT2D eigenvalue weighted by Gasteiger charge is 2.32. The highest BCUT2D eigenvalue weighted by atomic mass is 16.3. The third-order valence-electron chi connectivity index (χ3n) is 5.75. The average molecular weight is 339 g/mol. The quantitative estimate of drug-likeness (QED) is 0.345. The van der Waals surface area contributed by atoms with Gasteiger partial charge < -0.3 is 10.2 Å². The number of allylic oxidation sites excluding steroid dienone is 1. The van der Waals surface area contributed by atoms with Crippen LogP contribution in [-0.2, 0) is 0 Å². The van der Waals surface area contributed by atoms with E-state index in [9.17, 15) is 10.2 Å². The monoisotopic (exact) mass is 338 g/mol. The standard InChI is InChI=1S/C22H42O2/c1-5-7-8-9-10-11-20-18(13-15-21(20)24)12-14-19(23)17-22(3,4)16-6-2/h12,14,18-21,23-24H,5-11,13,15-17H2,1-4H3/t18-,19?,20+,21-/m0/s1. The van der Waals surface area contributed by atoms with Crippen LogP contribution >= 0.6 is 0 Å². The molecule has 0 aromatic rings. The van der Waals surface area contributed by atoms with Gasteiger partial charge in [0.05, 0.1) is 12.2 Å². The van der Waals surface area contributed by atoms with Gasteiger partial charge in [0.25, 0.3) is 0 Å². The van der Waals surface area contributed by atoms with Crippen molar-refractivity contribution in [3.8, 4) is 0 Å². The van der Waals surface area contributed by atoms with E-state index in [1.165, 1.54) is 38.5 Å². The molecule has 1 rings (SSSR count). The van der Waals surface area contributed by atoms with Crippen LogP contribution < -0.4 is 0 Å². The summed E-state index contributed by atoms with van der Waals surface area (Å²) in [6, 6.07) is 0. The second-order valence-corrected chi connectivity index (χ2v) is 8.75. The highest BCUT2D eigenvalue weighted by Crippen LogP contribution is 2.37. The molecule has 4 atom stereocenters. The summed E-state index contributed by atoms with van der Waals surface area (Å²) in [7, 11) is 0. The molecule has 2 heteroatoms. The summed E-state index contributed by atoms with van der Waals surface area (Å²) in [6.07, 6.45) is 16.5. The maximum absolute atomic E-state index is 10.3. The Morgan fingerprint density at radius 1 is 1.04 bits per heavy atom. The zero-order chi connectivity index (χ0) is 18.0. The van der Waals surface area contributed by atoms with Gasteiger partial charge in [-0.05, 0) is 49.4 Å². The average Bonchev–Trinajstić information content (AvgIpc) is 2.85. The molecule has 2 nitrogen and oxygen atoms in total. The molecular formula is C22H42O2. The molecule has 0 aromatic carbocycles. The molecule has 0 radical (unpaired) electrons. The lowest BCUT2D eigenvalue weighted by Crippen LogP contribution is -2.20. The van der Waals surface area contributed by atoms with Crippen LogP contribution in [0, 0.1) is 17.3 Å². The van der Waals surface area contributed by atoms with Gasteiger partial charge in [-0.25, -0.2) is 0 Å². The molecule has 0 saturated heterocycles. The van der Waals surface area contributed by atoms with Crippen LogP contribution in [0.2, 0.25) is 0 Å². The Morgan fingerprint density at radius 3 is 2.42 bits per heavy atom. The Kier molecular flexibility index (Phi) is 10.2. The van der Waals surface area contributed by atoms with E-state index in [1.807, 2.05) is 6.08 Å². The third-order valence-corrected chi connectivity index (χ3v) is 5.75. The van der Waals surface area contributed by atoms with Crippen molar-refractivity contribution in [1.29, 1.82) is 0 Å². The lowest BCUT2D eigenvalue weighted by Gasteiger charge is -2.26. The number of hydrogen-bond acceptors (Lipinski definition) is 2. The van der Waals surface area contributed by atoms with Crippen molar-refractivity contribution in [1.82, 2.24) is 0 Å². The summed E-state index contributed by atoms with van der Waals surface area (Å²) in [6.45, 7) is 8.93. The Balaban J connectivity index is 2.42. The summed E-state index contributed by atoms with van der Waals surface area (Å²) in [5.41, 5.74) is 0.201. The molecule has 1 aliphatic rings. The summed E-state index contributed by atoms with van der Waals surface area (Å²) in [5, 5.41) is 20.6. The number of aliphatic hydroxyl groups is 2. The number of rotatable bonds is 12. The highest BCUT2D eigenvalue weighted by molar-refractivity contribution is 5.01. The van der Waals surface area contributed by atoms with Crippen LogP contribution in [0.25, 0.3) is 0 Å². The zero-order valence-corrected chi connectivity index (χ0v) is 16.6. The lowest BCUT2D eigenvalue weighted by atomic mass is 9.82. The van der Waals surface area contributed by atoms with E-state index in [4.69, 9.17) is 0 Å². The third kappa shape index (κ3) is 8.16. The predicted octanol–water partition coefficient (Wildman–Crippen LogP) is 5.87. The Bertz CT molecular complexity index is 348. The summed E-state index contributed by atoms with van der Waals surface area (Å²) in [5.74, 6) is 0.855. The van der Waals surface area contributed by atoms with Crippen molar-refractivity contribution in [2.75, 3.05) is 0 Å². The van der Waals surface area contributed by atoms with Gasteiger partial charge in [-0.2, -0.15) is 0 Å². The minimum absolute atomic E-state index is 0.139. The Hall–Kier alpha value is -0.340. The largest absolute Gasteiger partial charge is 0.393 e. The van der Waals surface area contributed by atoms with Crippen molar-refractivity contribution in [2.24, 2.45) is 17.3 Å². The first-order chi connectivity index (χ1) is 11.4. The van der Waals surface area contributed by atoms with Gasteiger partial charge in [0, 0.05) is 0 Å². The van der Waals surface area contributed by atoms with Crippen LogP contribution in [0.5, 0.6) is 0 Å². The Labute approximate surface area is 150 Å². The van der Waals surface area contributed by atoms with Gasteiger partial charge >= 0.3 is 0 Å². The normalized spacial score (nSPS) is 26.3. The fourth-order valence-electron chi connectivity index (χ4n) is 4.39. The Morgan fingerprint density at radius 2 is 1.75 bits per heavy atom. The number of aliphatic hydroxyl groups excluding tert-OH is 2. The van der Waals surface area contributed by atoms with E-state index in [2.05, 4.69) is 33.8 Å². The first kappa shape index (κ1) is 21.7. The minimum Gasteiger partial charge on any atom is -0.393 e. The van der Waals surface area contributed by atoms with Gasteiger partial charge in [0.15, 0.2) is 0 Å². The van der Waals surface area contributed by atoms with Gasteiger partial charge in [0.2, 0.25) is 0 Å². The topological polar surface area (TPSA) is 40.5 Å². The van der Waals surface area contributed by atoms with Crippen LogP contribution in [0.1, 0.15) is 98.3 Å². The molecule has 142 valence electrons. The molecule has 1 unspecified atom stereocenters. The number of hydrogen-bond donors (Lipinski definition) is 2. The van der Waals surface area contributed by atoms with E-state index < -0.39 is 0 Å². The first-order valence-corrected chi connectivity index (χ1v) is 10.4. The second-order valence-electron chi connectivity index (χ2n) is 8.75. The molecule has 0 heterocycles. The molecule has 2 N–H and O–H groups in total. The van der Waals surface area contributed by atoms with Crippen molar-refractivity contribution in [3.05, 3.63) is 12.2 Å². The summed E-state index contributed by atoms with van der Waals surface area (Å²) in [4.78, 5) is 0. The smallest absolute Gasteiger partial charge is 0.0726 e. The minimum atomic E-state index is -0.352. The van der Waals surface area contributed by atoms with E-state index in [-0.39, 0.29) is 17.6 Å². The molecule has 1 fully saturated rings. The van der Waals surface area contributed by atoms with Crippen LogP contribution in [0.15, 0.2) is 12.2 Å². The van der Waals surface area contributed by atoms with Crippen molar-refractivity contribution in [2.45, 2.75) is 111 Å². The molecule has 0 bridgehead atoms. The van der Waals surface area contributed by atoms with E-state index in [0.717, 1.165) is 32.1 Å². The molecule has 0 amide bonds. The van der Waals surface area contributed by atoms with Crippen LogP contribution in [0.3, 0.4) is 0 Å². The fraction of sp³-hybridized carbons (Fsp3) is 0.909. The fourth-order valence-corrected chi connectivity index (χ4v) is 4.39. The molecule has 1 aliphatic carbocycles. The van der Waals surface area contributed by atoms with Gasteiger partial charge in [0.1, 0.15) is 0 Å². The second kappa shape index (κ2) is 11.3.